The molecule has 100 valence electrons. The van der Waals surface area contributed by atoms with Crippen molar-refractivity contribution in [2.75, 3.05) is 0 Å². The third-order valence-corrected chi connectivity index (χ3v) is 3.76. The van der Waals surface area contributed by atoms with E-state index in [-0.39, 0.29) is 6.04 Å². The monoisotopic (exact) mass is 257 g/mol. The van der Waals surface area contributed by atoms with Gasteiger partial charge in [0.2, 0.25) is 5.89 Å². The molecule has 0 aliphatic heterocycles. The number of nitrogens with zero attached hydrogens (tertiary/aromatic N) is 2. The lowest BCUT2D eigenvalue weighted by atomic mass is 10.1. The number of nitrogens with two attached hydrogens (primary N) is 1. The van der Waals surface area contributed by atoms with Crippen molar-refractivity contribution in [3.63, 3.8) is 0 Å². The fourth-order valence-electron chi connectivity index (χ4n) is 2.32. The highest BCUT2D eigenvalue weighted by Crippen LogP contribution is 2.32. The average molecular weight is 257 g/mol. The van der Waals surface area contributed by atoms with Gasteiger partial charge in [-0.05, 0) is 36.8 Å². The average Bonchev–Trinajstić information content (AvgIpc) is 3.16. The summed E-state index contributed by atoms with van der Waals surface area (Å²) in [5.41, 5.74) is 8.56. The highest BCUT2D eigenvalue weighted by Gasteiger charge is 2.29. The first kappa shape index (κ1) is 12.4. The van der Waals surface area contributed by atoms with Gasteiger partial charge in [-0.25, -0.2) is 0 Å². The van der Waals surface area contributed by atoms with E-state index in [0.29, 0.717) is 18.2 Å². The lowest BCUT2D eigenvalue weighted by Gasteiger charge is -2.04. The van der Waals surface area contributed by atoms with Crippen molar-refractivity contribution in [1.29, 1.82) is 0 Å². The van der Waals surface area contributed by atoms with Gasteiger partial charge >= 0.3 is 0 Å². The molecule has 0 amide bonds. The lowest BCUT2D eigenvalue weighted by Crippen LogP contribution is -2.25. The van der Waals surface area contributed by atoms with Crippen LogP contribution in [0.25, 0.3) is 0 Å². The van der Waals surface area contributed by atoms with Gasteiger partial charge in [0.25, 0.3) is 0 Å². The Morgan fingerprint density at radius 3 is 2.89 bits per heavy atom. The van der Waals surface area contributed by atoms with E-state index < -0.39 is 0 Å². The third kappa shape index (κ3) is 3.01. The van der Waals surface area contributed by atoms with Gasteiger partial charge in [-0.15, -0.1) is 0 Å². The van der Waals surface area contributed by atoms with E-state index in [1.165, 1.54) is 24.0 Å². The summed E-state index contributed by atoms with van der Waals surface area (Å²) in [6, 6.07) is 8.44. The molecule has 1 aromatic heterocycles. The molecule has 1 aromatic carbocycles. The minimum atomic E-state index is 0.173. The van der Waals surface area contributed by atoms with Gasteiger partial charge in [0.1, 0.15) is 0 Å². The number of benzene rings is 1. The molecule has 0 spiro atoms. The van der Waals surface area contributed by atoms with Crippen LogP contribution in [-0.4, -0.2) is 16.2 Å². The van der Waals surface area contributed by atoms with Crippen molar-refractivity contribution in [3.8, 4) is 0 Å². The van der Waals surface area contributed by atoms with E-state index in [0.717, 1.165) is 12.2 Å². The van der Waals surface area contributed by atoms with Gasteiger partial charge in [0, 0.05) is 18.9 Å². The van der Waals surface area contributed by atoms with Crippen LogP contribution in [0.4, 0.5) is 0 Å². The summed E-state index contributed by atoms with van der Waals surface area (Å²) < 4.78 is 5.28. The van der Waals surface area contributed by atoms with Crippen LogP contribution in [0.2, 0.25) is 0 Å². The molecule has 2 aromatic rings. The normalized spacial score (nSPS) is 16.5. The maximum Gasteiger partial charge on any atom is 0.228 e. The Kier molecular flexibility index (Phi) is 3.34. The Balaban J connectivity index is 1.66. The van der Waals surface area contributed by atoms with Crippen LogP contribution >= 0.6 is 0 Å². The van der Waals surface area contributed by atoms with Crippen molar-refractivity contribution < 1.29 is 4.52 Å². The second-order valence-corrected chi connectivity index (χ2v) is 5.41. The summed E-state index contributed by atoms with van der Waals surface area (Å²) in [4.78, 5) is 4.44. The minimum Gasteiger partial charge on any atom is -0.339 e. The Hall–Kier alpha value is -1.68. The fourth-order valence-corrected chi connectivity index (χ4v) is 2.32. The van der Waals surface area contributed by atoms with Crippen molar-refractivity contribution >= 4 is 0 Å². The zero-order valence-electron chi connectivity index (χ0n) is 11.2. The molecule has 1 saturated carbocycles. The number of hydrogen-bond acceptors (Lipinski definition) is 4. The smallest absolute Gasteiger partial charge is 0.228 e. The molecule has 3 rings (SSSR count). The van der Waals surface area contributed by atoms with E-state index in [9.17, 15) is 0 Å². The highest BCUT2D eigenvalue weighted by atomic mass is 16.5. The van der Waals surface area contributed by atoms with Crippen LogP contribution in [0.3, 0.4) is 0 Å². The molecule has 2 N–H and O–H groups in total. The predicted molar refractivity (Wildman–Crippen MR) is 72.7 cm³/mol. The lowest BCUT2D eigenvalue weighted by molar-refractivity contribution is 0.359. The van der Waals surface area contributed by atoms with E-state index in [2.05, 4.69) is 29.2 Å². The van der Waals surface area contributed by atoms with Gasteiger partial charge in [-0.2, -0.15) is 4.98 Å². The summed E-state index contributed by atoms with van der Waals surface area (Å²) in [6.07, 6.45) is 3.90. The Morgan fingerprint density at radius 2 is 2.16 bits per heavy atom. The molecular formula is C15H19N3O. The molecule has 0 radical (unpaired) electrons. The third-order valence-electron chi connectivity index (χ3n) is 3.76. The standard InChI is InChI=1S/C15H19N3O/c1-10-4-2-3-5-12(10)8-14-17-15(19-18-14)9-13(16)11-6-7-11/h2-5,11,13H,6-9,16H2,1H3. The predicted octanol–water partition coefficient (Wildman–Crippen LogP) is 2.25. The van der Waals surface area contributed by atoms with Crippen molar-refractivity contribution in [2.24, 2.45) is 11.7 Å². The molecule has 1 aliphatic carbocycles. The zero-order chi connectivity index (χ0) is 13.2. The van der Waals surface area contributed by atoms with E-state index >= 15 is 0 Å². The molecule has 1 unspecified atom stereocenters. The van der Waals surface area contributed by atoms with Crippen LogP contribution in [0.15, 0.2) is 28.8 Å². The van der Waals surface area contributed by atoms with E-state index in [1.54, 1.807) is 0 Å². The summed E-state index contributed by atoms with van der Waals surface area (Å²) in [7, 11) is 0. The first-order valence-corrected chi connectivity index (χ1v) is 6.84. The van der Waals surface area contributed by atoms with Gasteiger partial charge in [0.15, 0.2) is 5.82 Å². The molecule has 19 heavy (non-hydrogen) atoms. The molecule has 0 bridgehead atoms. The van der Waals surface area contributed by atoms with Gasteiger partial charge in [-0.3, -0.25) is 0 Å². The van der Waals surface area contributed by atoms with Crippen molar-refractivity contribution in [3.05, 3.63) is 47.1 Å². The number of rotatable bonds is 5. The first-order valence-electron chi connectivity index (χ1n) is 6.84. The summed E-state index contributed by atoms with van der Waals surface area (Å²) in [6.45, 7) is 2.10. The molecule has 1 atom stereocenters. The van der Waals surface area contributed by atoms with Gasteiger partial charge in [0.05, 0.1) is 0 Å². The molecule has 4 nitrogen and oxygen atoms in total. The summed E-state index contributed by atoms with van der Waals surface area (Å²) >= 11 is 0. The second kappa shape index (κ2) is 5.13. The van der Waals surface area contributed by atoms with Crippen LogP contribution in [0, 0.1) is 12.8 Å². The largest absolute Gasteiger partial charge is 0.339 e. The second-order valence-electron chi connectivity index (χ2n) is 5.41. The summed E-state index contributed by atoms with van der Waals surface area (Å²) in [5, 5.41) is 4.04. The fraction of sp³-hybridized carbons (Fsp3) is 0.467. The van der Waals surface area contributed by atoms with Gasteiger partial charge < -0.3 is 10.3 Å². The van der Waals surface area contributed by atoms with Crippen LogP contribution in [-0.2, 0) is 12.8 Å². The summed E-state index contributed by atoms with van der Waals surface area (Å²) in [5.74, 6) is 2.07. The Labute approximate surface area is 113 Å². The van der Waals surface area contributed by atoms with Crippen LogP contribution < -0.4 is 5.73 Å². The molecule has 1 aliphatic rings. The quantitative estimate of drug-likeness (QED) is 0.892. The molecular weight excluding hydrogens is 238 g/mol. The molecule has 1 heterocycles. The zero-order valence-corrected chi connectivity index (χ0v) is 11.2. The van der Waals surface area contributed by atoms with Gasteiger partial charge in [-0.1, -0.05) is 29.4 Å². The van der Waals surface area contributed by atoms with E-state index in [4.69, 9.17) is 10.3 Å². The molecule has 0 saturated heterocycles. The van der Waals surface area contributed by atoms with Crippen LogP contribution in [0.5, 0.6) is 0 Å². The SMILES string of the molecule is Cc1ccccc1Cc1noc(CC(N)C2CC2)n1. The van der Waals surface area contributed by atoms with E-state index in [1.807, 2.05) is 12.1 Å². The highest BCUT2D eigenvalue weighted by molar-refractivity contribution is 5.27. The molecule has 1 fully saturated rings. The minimum absolute atomic E-state index is 0.173. The number of aryl methyl sites for hydroxylation is 1. The maximum atomic E-state index is 6.07. The molecule has 4 heteroatoms. The van der Waals surface area contributed by atoms with Crippen molar-refractivity contribution in [1.82, 2.24) is 10.1 Å². The topological polar surface area (TPSA) is 64.9 Å². The first-order chi connectivity index (χ1) is 9.22. The van der Waals surface area contributed by atoms with Crippen LogP contribution in [0.1, 0.15) is 35.7 Å². The maximum absolute atomic E-state index is 6.07. The number of hydrogen-bond donors (Lipinski definition) is 1. The Morgan fingerprint density at radius 1 is 1.37 bits per heavy atom. The Bertz CT molecular complexity index is 560. The number of aromatic nitrogens is 2. The van der Waals surface area contributed by atoms with Crippen molar-refractivity contribution in [2.45, 2.75) is 38.6 Å².